The summed E-state index contributed by atoms with van der Waals surface area (Å²) in [6.45, 7) is 2.03. The van der Waals surface area contributed by atoms with Crippen LogP contribution in [-0.4, -0.2) is 57.5 Å². The van der Waals surface area contributed by atoms with Crippen LogP contribution in [0.3, 0.4) is 0 Å². The number of carbonyl (C=O) groups is 3. The second-order valence-corrected chi connectivity index (χ2v) is 15.0. The van der Waals surface area contributed by atoms with Crippen molar-refractivity contribution >= 4 is 52.3 Å². The number of carbonyl (C=O) groups excluding carboxylic acids is 3. The van der Waals surface area contributed by atoms with Gasteiger partial charge in [-0.2, -0.15) is 11.8 Å². The number of rotatable bonds is 13. The number of hydrogen-bond donors (Lipinski definition) is 1. The van der Waals surface area contributed by atoms with E-state index in [4.69, 9.17) is 13.9 Å². The van der Waals surface area contributed by atoms with E-state index in [9.17, 15) is 19.2 Å². The molecule has 52 heavy (non-hydrogen) atoms. The lowest BCUT2D eigenvalue weighted by Crippen LogP contribution is -2.71. The topological polar surface area (TPSA) is 115 Å². The molecule has 0 aliphatic carbocycles. The van der Waals surface area contributed by atoms with E-state index >= 15 is 0 Å². The van der Waals surface area contributed by atoms with Crippen LogP contribution in [0, 0.1) is 0 Å². The van der Waals surface area contributed by atoms with E-state index in [0.717, 1.165) is 27.8 Å². The van der Waals surface area contributed by atoms with Gasteiger partial charge in [-0.3, -0.25) is 14.5 Å². The van der Waals surface area contributed by atoms with Gasteiger partial charge in [-0.05, 0) is 40.6 Å². The Bertz CT molecular complexity index is 2120. The molecule has 5 aromatic rings. The van der Waals surface area contributed by atoms with Gasteiger partial charge >= 0.3 is 11.6 Å². The first-order valence-electron chi connectivity index (χ1n) is 17.0. The minimum atomic E-state index is -0.817. The van der Waals surface area contributed by atoms with Crippen LogP contribution >= 0.6 is 23.5 Å². The predicted molar refractivity (Wildman–Crippen MR) is 203 cm³/mol. The van der Waals surface area contributed by atoms with Gasteiger partial charge in [0.2, 0.25) is 5.91 Å². The Morgan fingerprint density at radius 1 is 0.885 bits per heavy atom. The number of benzene rings is 4. The standard InChI is InChI=1S/C41H36N2O7S2/c1-2-51-25-33-31(24-48-30-20-18-27-19-21-35(45)49-32(27)23-30)37(41(47)50-38(28-14-8-4-9-15-28)29-16-10-5-11-17-29)43-39(46)36(40(43)52-33)42-34(44)22-26-12-6-3-7-13-26/h3-21,23,33,36,38,40H,2,22,24-25H2,1H3,(H,42,44)/t33?,36-,40-/m1/s1. The van der Waals surface area contributed by atoms with E-state index in [-0.39, 0.29) is 29.9 Å². The Balaban J connectivity index is 1.24. The first-order chi connectivity index (χ1) is 25.4. The lowest BCUT2D eigenvalue weighted by atomic mass is 9.99. The number of esters is 1. The van der Waals surface area contributed by atoms with E-state index in [1.54, 1.807) is 36.0 Å². The number of nitrogens with zero attached hydrogens (tertiary/aromatic N) is 1. The molecule has 1 unspecified atom stereocenters. The monoisotopic (exact) mass is 732 g/mol. The second kappa shape index (κ2) is 16.0. The van der Waals surface area contributed by atoms with Crippen molar-refractivity contribution in [1.82, 2.24) is 10.2 Å². The molecule has 1 fully saturated rings. The maximum absolute atomic E-state index is 14.6. The highest BCUT2D eigenvalue weighted by Crippen LogP contribution is 2.46. The largest absolute Gasteiger partial charge is 0.489 e. The van der Waals surface area contributed by atoms with Crippen molar-refractivity contribution in [3.8, 4) is 5.75 Å². The van der Waals surface area contributed by atoms with Crippen LogP contribution in [0.4, 0.5) is 0 Å². The molecule has 264 valence electrons. The Morgan fingerprint density at radius 2 is 1.54 bits per heavy atom. The summed E-state index contributed by atoms with van der Waals surface area (Å²) in [4.78, 5) is 55.2. The summed E-state index contributed by atoms with van der Waals surface area (Å²) in [5, 5.41) is 2.90. The SMILES string of the molecule is CCSCC1S[C@@H]2[C@H](NC(=O)Cc3ccccc3)C(=O)N2C(C(=O)OC(c2ccccc2)c2ccccc2)=C1COc1ccc2ccc(=O)oc2c1. The molecule has 4 aromatic carbocycles. The normalized spacial score (nSPS) is 18.2. The molecule has 2 aliphatic rings. The fourth-order valence-corrected chi connectivity index (χ4v) is 8.94. The second-order valence-electron chi connectivity index (χ2n) is 12.3. The number of hydrogen-bond acceptors (Lipinski definition) is 9. The van der Waals surface area contributed by atoms with Crippen molar-refractivity contribution in [2.45, 2.75) is 36.1 Å². The number of amides is 2. The van der Waals surface area contributed by atoms with Crippen LogP contribution in [0.5, 0.6) is 5.75 Å². The molecular weight excluding hydrogens is 697 g/mol. The first-order valence-corrected chi connectivity index (χ1v) is 19.1. The average molecular weight is 733 g/mol. The van der Waals surface area contributed by atoms with Gasteiger partial charge in [0, 0.05) is 34.1 Å². The quantitative estimate of drug-likeness (QED) is 0.0821. The molecule has 3 heterocycles. The summed E-state index contributed by atoms with van der Waals surface area (Å²) < 4.78 is 18.0. The van der Waals surface area contributed by atoms with Crippen molar-refractivity contribution < 1.29 is 28.3 Å². The Kier molecular flexibility index (Phi) is 10.8. The number of nitrogens with one attached hydrogen (secondary N) is 1. The molecule has 0 spiro atoms. The zero-order valence-electron chi connectivity index (χ0n) is 28.3. The van der Waals surface area contributed by atoms with E-state index in [2.05, 4.69) is 12.2 Å². The summed E-state index contributed by atoms with van der Waals surface area (Å²) >= 11 is 3.23. The van der Waals surface area contributed by atoms with Crippen molar-refractivity contribution in [3.05, 3.63) is 160 Å². The van der Waals surface area contributed by atoms with Crippen LogP contribution < -0.4 is 15.7 Å². The van der Waals surface area contributed by atoms with E-state index in [1.807, 2.05) is 91.0 Å². The van der Waals surface area contributed by atoms with Gasteiger partial charge in [0.15, 0.2) is 6.10 Å². The van der Waals surface area contributed by atoms with Crippen LogP contribution in [0.15, 0.2) is 142 Å². The molecule has 1 N–H and O–H groups in total. The van der Waals surface area contributed by atoms with Crippen molar-refractivity contribution in [2.75, 3.05) is 18.1 Å². The van der Waals surface area contributed by atoms with E-state index < -0.39 is 35.0 Å². The maximum Gasteiger partial charge on any atom is 0.356 e. The number of fused-ring (bicyclic) bond motifs is 2. The fraction of sp³-hybridized carbons (Fsp3) is 0.220. The van der Waals surface area contributed by atoms with E-state index in [0.29, 0.717) is 22.7 Å². The molecule has 9 nitrogen and oxygen atoms in total. The van der Waals surface area contributed by atoms with Gasteiger partial charge < -0.3 is 19.2 Å². The third-order valence-corrected chi connectivity index (χ3v) is 11.6. The van der Waals surface area contributed by atoms with Gasteiger partial charge in [-0.15, -0.1) is 11.8 Å². The van der Waals surface area contributed by atoms with Crippen molar-refractivity contribution in [1.29, 1.82) is 0 Å². The minimum absolute atomic E-state index is 0.0299. The Labute approximate surface area is 309 Å². The molecule has 0 saturated carbocycles. The zero-order valence-corrected chi connectivity index (χ0v) is 29.9. The smallest absolute Gasteiger partial charge is 0.356 e. The minimum Gasteiger partial charge on any atom is -0.489 e. The van der Waals surface area contributed by atoms with E-state index in [1.165, 1.54) is 22.7 Å². The maximum atomic E-state index is 14.6. The highest BCUT2D eigenvalue weighted by atomic mass is 32.2. The lowest BCUT2D eigenvalue weighted by Gasteiger charge is -2.51. The molecule has 2 aliphatic heterocycles. The summed E-state index contributed by atoms with van der Waals surface area (Å²) in [7, 11) is 0. The lowest BCUT2D eigenvalue weighted by molar-refractivity contribution is -0.154. The third-order valence-electron chi connectivity index (χ3n) is 8.89. The van der Waals surface area contributed by atoms with Gasteiger partial charge in [-0.1, -0.05) is 97.9 Å². The molecule has 3 atom stereocenters. The number of ether oxygens (including phenoxy) is 2. The fourth-order valence-electron chi connectivity index (χ4n) is 6.33. The summed E-state index contributed by atoms with van der Waals surface area (Å²) in [6.07, 6.45) is -0.620. The molecular formula is C41H36N2O7S2. The highest BCUT2D eigenvalue weighted by molar-refractivity contribution is 8.04. The van der Waals surface area contributed by atoms with Crippen molar-refractivity contribution in [2.24, 2.45) is 0 Å². The molecule has 1 aromatic heterocycles. The predicted octanol–water partition coefficient (Wildman–Crippen LogP) is 6.52. The molecule has 0 bridgehead atoms. The summed E-state index contributed by atoms with van der Waals surface area (Å²) in [5.41, 5.74) is 3.00. The van der Waals surface area contributed by atoms with Crippen LogP contribution in [0.2, 0.25) is 0 Å². The number of thioether (sulfide) groups is 2. The molecule has 7 rings (SSSR count). The molecule has 2 amide bonds. The van der Waals surface area contributed by atoms with Gasteiger partial charge in [0.1, 0.15) is 35.1 Å². The van der Waals surface area contributed by atoms with Crippen LogP contribution in [0.25, 0.3) is 11.0 Å². The summed E-state index contributed by atoms with van der Waals surface area (Å²) in [6, 6.07) is 35.7. The van der Waals surface area contributed by atoms with Gasteiger partial charge in [0.05, 0.1) is 6.42 Å². The molecule has 11 heteroatoms. The Morgan fingerprint density at radius 3 is 2.21 bits per heavy atom. The first kappa shape index (κ1) is 35.2. The molecule has 0 radical (unpaired) electrons. The number of β-lactam (4-membered cyclic amide) rings is 1. The Hall–Kier alpha value is -5.26. The van der Waals surface area contributed by atoms with Crippen molar-refractivity contribution in [3.63, 3.8) is 0 Å². The van der Waals surface area contributed by atoms with Gasteiger partial charge in [-0.25, -0.2) is 9.59 Å². The van der Waals surface area contributed by atoms with Gasteiger partial charge in [0.25, 0.3) is 5.91 Å². The molecule has 1 saturated heterocycles. The third kappa shape index (κ3) is 7.66. The summed E-state index contributed by atoms with van der Waals surface area (Å²) in [5.74, 6) is 0.566. The van der Waals surface area contributed by atoms with Crippen LogP contribution in [0.1, 0.15) is 29.7 Å². The average Bonchev–Trinajstić information content (AvgIpc) is 3.17. The zero-order chi connectivity index (χ0) is 36.0. The van der Waals surface area contributed by atoms with Crippen LogP contribution in [-0.2, 0) is 25.5 Å². The highest BCUT2D eigenvalue weighted by Gasteiger charge is 2.56.